The lowest BCUT2D eigenvalue weighted by Gasteiger charge is -2.03. The van der Waals surface area contributed by atoms with Crippen LogP contribution in [0.15, 0.2) is 9.26 Å². The van der Waals surface area contributed by atoms with Gasteiger partial charge in [0.05, 0.1) is 0 Å². The molecule has 0 saturated heterocycles. The van der Waals surface area contributed by atoms with Crippen molar-refractivity contribution in [3.8, 4) is 0 Å². The van der Waals surface area contributed by atoms with E-state index in [-0.39, 0.29) is 23.3 Å². The van der Waals surface area contributed by atoms with Crippen molar-refractivity contribution in [3.63, 3.8) is 0 Å². The Hall–Kier alpha value is -3.18. The molecule has 0 atom stereocenters. The molecule has 12 heteroatoms. The van der Waals surface area contributed by atoms with Crippen molar-refractivity contribution in [1.29, 1.82) is 0 Å². The van der Waals surface area contributed by atoms with Crippen LogP contribution in [0.25, 0.3) is 0 Å². The van der Waals surface area contributed by atoms with Crippen molar-refractivity contribution in [2.75, 3.05) is 21.5 Å². The number of carbonyl (C=O) groups excluding carboxylic acids is 2. The first-order valence-electron chi connectivity index (χ1n) is 4.42. The Bertz CT molecular complexity index is 487. The van der Waals surface area contributed by atoms with E-state index in [0.717, 1.165) is 0 Å². The van der Waals surface area contributed by atoms with Gasteiger partial charge in [0.25, 0.3) is 0 Å². The molecule has 0 bridgehead atoms. The fourth-order valence-electron chi connectivity index (χ4n) is 0.961. The first-order chi connectivity index (χ1) is 8.85. The number of nitrogens with one attached hydrogen (secondary N) is 4. The molecule has 2 aromatic rings. The van der Waals surface area contributed by atoms with Gasteiger partial charge >= 0.3 is 0 Å². The van der Waals surface area contributed by atoms with Crippen LogP contribution in [0.1, 0.15) is 0 Å². The zero-order chi connectivity index (χ0) is 12.8. The fraction of sp³-hybridized carbons (Fsp3) is 0. The molecule has 0 spiro atoms. The van der Waals surface area contributed by atoms with Crippen LogP contribution in [0.4, 0.5) is 23.3 Å². The van der Waals surface area contributed by atoms with Gasteiger partial charge in [-0.2, -0.15) is 0 Å². The lowest BCUT2D eigenvalue weighted by molar-refractivity contribution is -0.106. The molecule has 18 heavy (non-hydrogen) atoms. The quantitative estimate of drug-likeness (QED) is 0.357. The van der Waals surface area contributed by atoms with Crippen molar-refractivity contribution >= 4 is 36.1 Å². The number of hydrazine groups is 1. The Morgan fingerprint density at radius 2 is 1.11 bits per heavy atom. The highest BCUT2D eigenvalue weighted by Gasteiger charge is 2.12. The molecule has 0 aromatic carbocycles. The van der Waals surface area contributed by atoms with Gasteiger partial charge < -0.3 is 10.6 Å². The summed E-state index contributed by atoms with van der Waals surface area (Å²) in [6.45, 7) is 0. The molecule has 0 aliphatic rings. The molecule has 2 aromatic heterocycles. The number of carbonyl (C=O) groups is 2. The van der Waals surface area contributed by atoms with E-state index in [1.807, 2.05) is 0 Å². The molecule has 0 aliphatic carbocycles. The van der Waals surface area contributed by atoms with Crippen LogP contribution >= 0.6 is 0 Å². The molecule has 4 N–H and O–H groups in total. The van der Waals surface area contributed by atoms with E-state index in [0.29, 0.717) is 12.8 Å². The monoisotopic (exact) mass is 254 g/mol. The van der Waals surface area contributed by atoms with E-state index in [4.69, 9.17) is 0 Å². The molecule has 0 unspecified atom stereocenters. The van der Waals surface area contributed by atoms with Crippen LogP contribution in [-0.4, -0.2) is 33.4 Å². The second-order valence-corrected chi connectivity index (χ2v) is 2.70. The van der Waals surface area contributed by atoms with Crippen molar-refractivity contribution < 1.29 is 18.8 Å². The van der Waals surface area contributed by atoms with Gasteiger partial charge in [-0.15, -0.1) is 0 Å². The number of rotatable bonds is 7. The first kappa shape index (κ1) is 11.3. The third kappa shape index (κ3) is 2.31. The number of hydrogen-bond acceptors (Lipinski definition) is 10. The smallest absolute Gasteiger partial charge is 0.234 e. The number of nitrogens with zero attached hydrogens (tertiary/aromatic N) is 4. The van der Waals surface area contributed by atoms with Crippen LogP contribution in [0.2, 0.25) is 0 Å². The maximum absolute atomic E-state index is 10.2. The van der Waals surface area contributed by atoms with Crippen LogP contribution in [-0.2, 0) is 9.59 Å². The van der Waals surface area contributed by atoms with Gasteiger partial charge in [0.1, 0.15) is 0 Å². The Morgan fingerprint density at radius 1 is 0.722 bits per heavy atom. The number of hydrogen-bond donors (Lipinski definition) is 4. The van der Waals surface area contributed by atoms with Crippen LogP contribution in [0.3, 0.4) is 0 Å². The fourth-order valence-corrected chi connectivity index (χ4v) is 0.961. The SMILES string of the molecule is O=CNc1nonc1NNc1nonc1NC=O. The normalized spacial score (nSPS) is 9.56. The van der Waals surface area contributed by atoms with Crippen LogP contribution in [0.5, 0.6) is 0 Å². The first-order valence-corrected chi connectivity index (χ1v) is 4.42. The zero-order valence-corrected chi connectivity index (χ0v) is 8.58. The maximum atomic E-state index is 10.2. The molecule has 2 amide bonds. The number of anilines is 4. The summed E-state index contributed by atoms with van der Waals surface area (Å²) < 4.78 is 8.78. The van der Waals surface area contributed by atoms with Crippen LogP contribution < -0.4 is 21.5 Å². The van der Waals surface area contributed by atoms with E-state index in [1.165, 1.54) is 0 Å². The number of amides is 2. The average molecular weight is 254 g/mol. The lowest BCUT2D eigenvalue weighted by Crippen LogP contribution is -2.12. The number of aromatic nitrogens is 4. The Balaban J connectivity index is 2.02. The summed E-state index contributed by atoms with van der Waals surface area (Å²) in [4.78, 5) is 20.5. The minimum Gasteiger partial charge on any atom is -0.307 e. The molecule has 0 aliphatic heterocycles. The molecular weight excluding hydrogens is 248 g/mol. The second-order valence-electron chi connectivity index (χ2n) is 2.70. The molecular formula is C6H6N8O4. The molecule has 0 fully saturated rings. The summed E-state index contributed by atoms with van der Waals surface area (Å²) in [6, 6.07) is 0. The minimum atomic E-state index is 0.0684. The molecule has 94 valence electrons. The zero-order valence-electron chi connectivity index (χ0n) is 8.58. The van der Waals surface area contributed by atoms with Gasteiger partial charge in [0.2, 0.25) is 36.1 Å². The Kier molecular flexibility index (Phi) is 3.29. The summed E-state index contributed by atoms with van der Waals surface area (Å²) >= 11 is 0. The van der Waals surface area contributed by atoms with Crippen molar-refractivity contribution in [2.24, 2.45) is 0 Å². The summed E-state index contributed by atoms with van der Waals surface area (Å²) in [5.41, 5.74) is 5.04. The Labute approximate surface area is 98.0 Å². The standard InChI is InChI=1S/C6H6N8O4/c15-1-7-3-5(13-17-11-3)9-10-6-4(8-2-16)12-18-14-6/h1-2H,(H,9,13)(H,10,14)(H,7,11,15)(H,8,12,16). The van der Waals surface area contributed by atoms with Gasteiger partial charge in [0, 0.05) is 0 Å². The van der Waals surface area contributed by atoms with E-state index in [2.05, 4.69) is 51.4 Å². The minimum absolute atomic E-state index is 0.0684. The molecule has 12 nitrogen and oxygen atoms in total. The summed E-state index contributed by atoms with van der Waals surface area (Å²) in [7, 11) is 0. The average Bonchev–Trinajstić information content (AvgIpc) is 2.97. The highest BCUT2D eigenvalue weighted by atomic mass is 16.6. The topological polar surface area (TPSA) is 160 Å². The third-order valence-corrected chi connectivity index (χ3v) is 1.67. The highest BCUT2D eigenvalue weighted by Crippen LogP contribution is 2.18. The highest BCUT2D eigenvalue weighted by molar-refractivity contribution is 5.78. The lowest BCUT2D eigenvalue weighted by atomic mass is 10.6. The molecule has 2 rings (SSSR count). The summed E-state index contributed by atoms with van der Waals surface area (Å²) in [6.07, 6.45) is 0.809. The van der Waals surface area contributed by atoms with E-state index >= 15 is 0 Å². The predicted octanol–water partition coefficient (Wildman–Crippen LogP) is -0.972. The predicted molar refractivity (Wildman–Crippen MR) is 55.2 cm³/mol. The van der Waals surface area contributed by atoms with Crippen molar-refractivity contribution in [3.05, 3.63) is 0 Å². The van der Waals surface area contributed by atoms with E-state index in [9.17, 15) is 9.59 Å². The van der Waals surface area contributed by atoms with Gasteiger partial charge in [-0.3, -0.25) is 20.4 Å². The summed E-state index contributed by atoms with van der Waals surface area (Å²) in [5, 5.41) is 18.2. The van der Waals surface area contributed by atoms with Gasteiger partial charge in [0.15, 0.2) is 0 Å². The Morgan fingerprint density at radius 3 is 1.50 bits per heavy atom. The molecule has 2 heterocycles. The van der Waals surface area contributed by atoms with Crippen molar-refractivity contribution in [1.82, 2.24) is 20.6 Å². The van der Waals surface area contributed by atoms with Gasteiger partial charge in [-0.1, -0.05) is 0 Å². The van der Waals surface area contributed by atoms with Crippen LogP contribution in [0, 0.1) is 0 Å². The molecule has 0 radical (unpaired) electrons. The maximum Gasteiger partial charge on any atom is 0.234 e. The largest absolute Gasteiger partial charge is 0.307 e. The molecule has 0 saturated carbocycles. The van der Waals surface area contributed by atoms with E-state index < -0.39 is 0 Å². The van der Waals surface area contributed by atoms with Gasteiger partial charge in [-0.05, 0) is 20.6 Å². The van der Waals surface area contributed by atoms with E-state index in [1.54, 1.807) is 0 Å². The van der Waals surface area contributed by atoms with Crippen molar-refractivity contribution in [2.45, 2.75) is 0 Å². The van der Waals surface area contributed by atoms with Gasteiger partial charge in [-0.25, -0.2) is 9.26 Å². The third-order valence-electron chi connectivity index (χ3n) is 1.67. The summed E-state index contributed by atoms with van der Waals surface area (Å²) in [5.74, 6) is 0.335. The second kappa shape index (κ2) is 5.24.